The average molecular weight is 635 g/mol. The first kappa shape index (κ1) is 32.4. The van der Waals surface area contributed by atoms with Crippen LogP contribution in [0.2, 0.25) is 13.1 Å². The van der Waals surface area contributed by atoms with E-state index in [4.69, 9.17) is 9.47 Å². The molecule has 5 rings (SSSR count). The van der Waals surface area contributed by atoms with Gasteiger partial charge in [0, 0.05) is 24.0 Å². The molecule has 1 heterocycles. The van der Waals surface area contributed by atoms with Gasteiger partial charge < -0.3 is 19.3 Å². The third-order valence-corrected chi connectivity index (χ3v) is 12.3. The molecule has 0 saturated heterocycles. The van der Waals surface area contributed by atoms with Gasteiger partial charge in [0.25, 0.3) is 5.91 Å². The zero-order valence-corrected chi connectivity index (χ0v) is 28.3. The normalized spacial score (nSPS) is 14.6. The van der Waals surface area contributed by atoms with Crippen molar-refractivity contribution in [3.05, 3.63) is 117 Å². The first-order chi connectivity index (χ1) is 21.8. The van der Waals surface area contributed by atoms with Gasteiger partial charge in [0.2, 0.25) is 0 Å². The molecule has 2 aliphatic rings. The zero-order valence-electron chi connectivity index (χ0n) is 27.3. The van der Waals surface area contributed by atoms with Crippen molar-refractivity contribution >= 4 is 53.8 Å². The van der Waals surface area contributed by atoms with Crippen LogP contribution in [0.25, 0.3) is 5.57 Å². The molecule has 236 valence electrons. The summed E-state index contributed by atoms with van der Waals surface area (Å²) < 4.78 is 9.48. The Kier molecular flexibility index (Phi) is 8.98. The van der Waals surface area contributed by atoms with Gasteiger partial charge in [0.15, 0.2) is 5.78 Å². The van der Waals surface area contributed by atoms with E-state index < -0.39 is 25.9 Å². The SMILES string of the molecule is COC(=O)CN(CC(=O)OC)C(=O)c1ccc(C2=C3C=CC(=O)C=C3[Si](C)(C)c3cc(N(C)c4ccc(C)cc4)ccc32)c(C)c1. The van der Waals surface area contributed by atoms with Crippen molar-refractivity contribution in [2.24, 2.45) is 0 Å². The van der Waals surface area contributed by atoms with Crippen molar-refractivity contribution < 1.29 is 28.7 Å². The summed E-state index contributed by atoms with van der Waals surface area (Å²) >= 11 is 0. The second-order valence-corrected chi connectivity index (χ2v) is 16.5. The molecule has 0 aromatic heterocycles. The predicted octanol–water partition coefficient (Wildman–Crippen LogP) is 5.19. The van der Waals surface area contributed by atoms with Gasteiger partial charge in [-0.05, 0) is 101 Å². The molecule has 0 unspecified atom stereocenters. The Balaban J connectivity index is 1.61. The molecular weight excluding hydrogens is 597 g/mol. The fourth-order valence-electron chi connectivity index (χ4n) is 6.13. The Morgan fingerprint density at radius 3 is 2.00 bits per heavy atom. The van der Waals surface area contributed by atoms with E-state index in [1.165, 1.54) is 25.0 Å². The van der Waals surface area contributed by atoms with Gasteiger partial charge in [-0.25, -0.2) is 0 Å². The lowest BCUT2D eigenvalue weighted by Gasteiger charge is -2.38. The Morgan fingerprint density at radius 2 is 1.39 bits per heavy atom. The molecule has 0 bridgehead atoms. The Morgan fingerprint density at radius 1 is 0.783 bits per heavy atom. The lowest BCUT2D eigenvalue weighted by molar-refractivity contribution is -0.144. The lowest BCUT2D eigenvalue weighted by Crippen LogP contribution is -2.49. The number of ether oxygens (including phenoxy) is 2. The number of hydrogen-bond acceptors (Lipinski definition) is 7. The summed E-state index contributed by atoms with van der Waals surface area (Å²) in [4.78, 5) is 53.6. The van der Waals surface area contributed by atoms with E-state index in [-0.39, 0.29) is 18.9 Å². The minimum absolute atomic E-state index is 0.0241. The summed E-state index contributed by atoms with van der Waals surface area (Å²) in [5.74, 6) is -1.81. The maximum atomic E-state index is 13.5. The maximum Gasteiger partial charge on any atom is 0.325 e. The predicted molar refractivity (Wildman–Crippen MR) is 182 cm³/mol. The molecular formula is C37H38N2O6Si. The number of carbonyl (C=O) groups is 4. The summed E-state index contributed by atoms with van der Waals surface area (Å²) in [6.07, 6.45) is 5.31. The topological polar surface area (TPSA) is 93.2 Å². The number of ketones is 1. The first-order valence-corrected chi connectivity index (χ1v) is 18.0. The number of carbonyl (C=O) groups excluding carboxylic acids is 4. The van der Waals surface area contributed by atoms with Gasteiger partial charge >= 0.3 is 11.9 Å². The average Bonchev–Trinajstić information content (AvgIpc) is 3.04. The third-order valence-electron chi connectivity index (χ3n) is 8.81. The van der Waals surface area contributed by atoms with Crippen molar-refractivity contribution in [3.63, 3.8) is 0 Å². The van der Waals surface area contributed by atoms with Crippen LogP contribution in [0.3, 0.4) is 0 Å². The van der Waals surface area contributed by atoms with E-state index in [1.54, 1.807) is 24.3 Å². The van der Waals surface area contributed by atoms with Crippen LogP contribution in [0.15, 0.2) is 89.7 Å². The monoisotopic (exact) mass is 634 g/mol. The second-order valence-electron chi connectivity index (χ2n) is 12.2. The summed E-state index contributed by atoms with van der Waals surface area (Å²) in [7, 11) is 2.19. The number of anilines is 2. The van der Waals surface area contributed by atoms with Gasteiger partial charge in [-0.1, -0.05) is 49.0 Å². The van der Waals surface area contributed by atoms with Crippen molar-refractivity contribution in [2.75, 3.05) is 39.3 Å². The van der Waals surface area contributed by atoms with E-state index in [1.807, 2.05) is 19.1 Å². The van der Waals surface area contributed by atoms with Crippen molar-refractivity contribution in [1.82, 2.24) is 4.90 Å². The standard InChI is InChI=1S/C37H38N2O6Si/c1-23-8-11-26(12-9-23)38(3)27-13-16-30-32(19-27)46(6,7)33-20-28(40)14-17-31(33)36(30)29-15-10-25(18-24(29)2)37(43)39(21-34(41)44-4)22-35(42)45-5/h8-20H,21-22H2,1-7H3. The van der Waals surface area contributed by atoms with Crippen LogP contribution in [0, 0.1) is 13.8 Å². The van der Waals surface area contributed by atoms with Gasteiger partial charge in [-0.3, -0.25) is 19.2 Å². The highest BCUT2D eigenvalue weighted by molar-refractivity contribution is 6.98. The molecule has 1 amide bonds. The highest BCUT2D eigenvalue weighted by Gasteiger charge is 2.40. The molecule has 0 N–H and O–H groups in total. The van der Waals surface area contributed by atoms with Crippen LogP contribution in [-0.2, 0) is 23.9 Å². The molecule has 0 fully saturated rings. The fraction of sp³-hybridized carbons (Fsp3) is 0.243. The Hall–Kier alpha value is -5.02. The number of hydrogen-bond donors (Lipinski definition) is 0. The molecule has 0 atom stereocenters. The molecule has 3 aromatic rings. The van der Waals surface area contributed by atoms with Gasteiger partial charge in [0.05, 0.1) is 14.2 Å². The number of allylic oxidation sites excluding steroid dienone is 5. The van der Waals surface area contributed by atoms with E-state index in [9.17, 15) is 19.2 Å². The minimum atomic E-state index is -2.32. The van der Waals surface area contributed by atoms with Crippen LogP contribution < -0.4 is 10.1 Å². The van der Waals surface area contributed by atoms with E-state index in [0.717, 1.165) is 49.3 Å². The molecule has 0 spiro atoms. The summed E-state index contributed by atoms with van der Waals surface area (Å²) in [6.45, 7) is 7.79. The Bertz CT molecular complexity index is 1830. The van der Waals surface area contributed by atoms with Gasteiger partial charge in [-0.15, -0.1) is 0 Å². The molecule has 9 heteroatoms. The van der Waals surface area contributed by atoms with Crippen molar-refractivity contribution in [3.8, 4) is 0 Å². The molecule has 0 saturated carbocycles. The number of nitrogens with zero attached hydrogens (tertiary/aromatic N) is 2. The smallest absolute Gasteiger partial charge is 0.325 e. The van der Waals surface area contributed by atoms with Gasteiger partial charge in [-0.2, -0.15) is 0 Å². The number of amides is 1. The second kappa shape index (κ2) is 12.8. The van der Waals surface area contributed by atoms with Crippen molar-refractivity contribution in [2.45, 2.75) is 26.9 Å². The molecule has 1 aliphatic carbocycles. The molecule has 8 nitrogen and oxygen atoms in total. The molecule has 0 radical (unpaired) electrons. The van der Waals surface area contributed by atoms with E-state index >= 15 is 0 Å². The molecule has 3 aromatic carbocycles. The van der Waals surface area contributed by atoms with Crippen molar-refractivity contribution in [1.29, 1.82) is 0 Å². The number of esters is 2. The lowest BCUT2D eigenvalue weighted by atomic mass is 9.87. The Labute approximate surface area is 270 Å². The van der Waals surface area contributed by atoms with Gasteiger partial charge in [0.1, 0.15) is 21.2 Å². The highest BCUT2D eigenvalue weighted by atomic mass is 28.3. The quantitative estimate of drug-likeness (QED) is 0.249. The zero-order chi connectivity index (χ0) is 33.3. The third kappa shape index (κ3) is 6.10. The van der Waals surface area contributed by atoms with Crippen LogP contribution in [0.1, 0.15) is 32.6 Å². The molecule has 1 aliphatic heterocycles. The van der Waals surface area contributed by atoms with Crippen LogP contribution in [0.5, 0.6) is 0 Å². The maximum absolute atomic E-state index is 13.5. The fourth-order valence-corrected chi connectivity index (χ4v) is 9.20. The highest BCUT2D eigenvalue weighted by Crippen LogP contribution is 2.43. The largest absolute Gasteiger partial charge is 0.468 e. The summed E-state index contributed by atoms with van der Waals surface area (Å²) in [5, 5.41) is 2.29. The summed E-state index contributed by atoms with van der Waals surface area (Å²) in [5.41, 5.74) is 8.53. The number of benzene rings is 3. The van der Waals surface area contributed by atoms with Crippen LogP contribution in [0.4, 0.5) is 11.4 Å². The van der Waals surface area contributed by atoms with E-state index in [0.29, 0.717) is 5.56 Å². The van der Waals surface area contributed by atoms with Crippen LogP contribution in [-0.4, -0.2) is 71.0 Å². The number of methoxy groups -OCH3 is 2. The van der Waals surface area contributed by atoms with E-state index in [2.05, 4.69) is 74.4 Å². The van der Waals surface area contributed by atoms with Crippen LogP contribution >= 0.6 is 0 Å². The number of rotatable bonds is 8. The molecule has 46 heavy (non-hydrogen) atoms. The number of aryl methyl sites for hydroxylation is 2. The summed E-state index contributed by atoms with van der Waals surface area (Å²) in [6, 6.07) is 20.3. The first-order valence-electron chi connectivity index (χ1n) is 15.0. The minimum Gasteiger partial charge on any atom is -0.468 e. The number of fused-ring (bicyclic) bond motifs is 2.